The zero-order valence-corrected chi connectivity index (χ0v) is 9.50. The van der Waals surface area contributed by atoms with E-state index < -0.39 is 0 Å². The Kier molecular flexibility index (Phi) is 3.31. The van der Waals surface area contributed by atoms with Crippen LogP contribution in [0.2, 0.25) is 5.02 Å². The summed E-state index contributed by atoms with van der Waals surface area (Å²) in [6.45, 7) is 0. The molecule has 0 bridgehead atoms. The average Bonchev–Trinajstić information content (AvgIpc) is 2.19. The van der Waals surface area contributed by atoms with Crippen molar-refractivity contribution in [2.24, 2.45) is 5.73 Å². The van der Waals surface area contributed by atoms with Crippen molar-refractivity contribution in [1.29, 1.82) is 0 Å². The number of anilines is 1. The minimum atomic E-state index is -0.195. The molecule has 16 heavy (non-hydrogen) atoms. The summed E-state index contributed by atoms with van der Waals surface area (Å²) in [6, 6.07) is 7.23. The molecule has 5 heteroatoms. The minimum absolute atomic E-state index is 0.195. The highest BCUT2D eigenvalue weighted by atomic mass is 35.5. The first-order valence-corrected chi connectivity index (χ1v) is 5.60. The van der Waals surface area contributed by atoms with Crippen molar-refractivity contribution < 1.29 is 4.79 Å². The predicted octanol–water partition coefficient (Wildman–Crippen LogP) is 1.95. The second-order valence-electron chi connectivity index (χ2n) is 4.03. The van der Waals surface area contributed by atoms with Gasteiger partial charge < -0.3 is 16.4 Å². The maximum atomic E-state index is 11.5. The molecule has 0 aromatic heterocycles. The van der Waals surface area contributed by atoms with Crippen LogP contribution in [-0.4, -0.2) is 18.1 Å². The van der Waals surface area contributed by atoms with Gasteiger partial charge in [-0.3, -0.25) is 0 Å². The Labute approximate surface area is 99.2 Å². The topological polar surface area (TPSA) is 67.1 Å². The van der Waals surface area contributed by atoms with Gasteiger partial charge in [0.05, 0.1) is 0 Å². The van der Waals surface area contributed by atoms with E-state index in [4.69, 9.17) is 17.3 Å². The van der Waals surface area contributed by atoms with E-state index in [1.807, 2.05) is 0 Å². The quantitative estimate of drug-likeness (QED) is 0.739. The van der Waals surface area contributed by atoms with Crippen LogP contribution in [-0.2, 0) is 0 Å². The lowest BCUT2D eigenvalue weighted by atomic mass is 9.88. The molecule has 0 heterocycles. The maximum absolute atomic E-state index is 11.5. The van der Waals surface area contributed by atoms with Gasteiger partial charge in [0.25, 0.3) is 0 Å². The van der Waals surface area contributed by atoms with Crippen molar-refractivity contribution in [2.75, 3.05) is 5.32 Å². The molecule has 4 nitrogen and oxygen atoms in total. The number of amides is 2. The van der Waals surface area contributed by atoms with Crippen molar-refractivity contribution in [2.45, 2.75) is 24.9 Å². The first-order valence-electron chi connectivity index (χ1n) is 5.22. The maximum Gasteiger partial charge on any atom is 0.319 e. The smallest absolute Gasteiger partial charge is 0.319 e. The molecule has 0 saturated heterocycles. The fourth-order valence-electron chi connectivity index (χ4n) is 1.67. The van der Waals surface area contributed by atoms with Crippen molar-refractivity contribution in [1.82, 2.24) is 5.32 Å². The summed E-state index contributed by atoms with van der Waals surface area (Å²) in [7, 11) is 0. The van der Waals surface area contributed by atoms with Crippen LogP contribution in [0.25, 0.3) is 0 Å². The summed E-state index contributed by atoms with van der Waals surface area (Å²) in [6.07, 6.45) is 1.71. The molecule has 2 rings (SSSR count). The lowest BCUT2D eigenvalue weighted by Gasteiger charge is -2.32. The molecule has 1 saturated carbocycles. The van der Waals surface area contributed by atoms with Crippen LogP contribution in [0.3, 0.4) is 0 Å². The molecule has 86 valence electrons. The molecule has 4 N–H and O–H groups in total. The van der Waals surface area contributed by atoms with E-state index >= 15 is 0 Å². The van der Waals surface area contributed by atoms with Gasteiger partial charge in [-0.2, -0.15) is 0 Å². The van der Waals surface area contributed by atoms with Gasteiger partial charge in [-0.1, -0.05) is 11.6 Å². The molecule has 1 aliphatic rings. The van der Waals surface area contributed by atoms with Gasteiger partial charge in [-0.05, 0) is 37.1 Å². The highest BCUT2D eigenvalue weighted by Crippen LogP contribution is 2.18. The number of hydrogen-bond donors (Lipinski definition) is 3. The Bertz CT molecular complexity index is 373. The number of carbonyl (C=O) groups is 1. The van der Waals surface area contributed by atoms with E-state index in [-0.39, 0.29) is 18.1 Å². The summed E-state index contributed by atoms with van der Waals surface area (Å²) < 4.78 is 0. The summed E-state index contributed by atoms with van der Waals surface area (Å²) in [5.74, 6) is 0. The van der Waals surface area contributed by atoms with E-state index in [0.29, 0.717) is 5.02 Å². The number of hydrogen-bond acceptors (Lipinski definition) is 2. The molecular formula is C11H14ClN3O. The summed E-state index contributed by atoms with van der Waals surface area (Å²) >= 11 is 5.74. The van der Waals surface area contributed by atoms with Crippen LogP contribution in [0.5, 0.6) is 0 Å². The lowest BCUT2D eigenvalue weighted by Crippen LogP contribution is -2.51. The molecule has 1 fully saturated rings. The van der Waals surface area contributed by atoms with Crippen LogP contribution < -0.4 is 16.4 Å². The highest BCUT2D eigenvalue weighted by Gasteiger charge is 2.26. The first kappa shape index (κ1) is 11.2. The van der Waals surface area contributed by atoms with Gasteiger partial charge in [0, 0.05) is 22.8 Å². The normalized spacial score (nSPS) is 23.4. The van der Waals surface area contributed by atoms with Crippen molar-refractivity contribution in [3.05, 3.63) is 29.3 Å². The number of halogens is 1. The fraction of sp³-hybridized carbons (Fsp3) is 0.364. The van der Waals surface area contributed by atoms with Crippen molar-refractivity contribution in [3.8, 4) is 0 Å². The molecule has 0 aliphatic heterocycles. The molecule has 2 amide bonds. The third-order valence-electron chi connectivity index (χ3n) is 2.61. The molecule has 0 radical (unpaired) electrons. The molecule has 1 aromatic carbocycles. The third-order valence-corrected chi connectivity index (χ3v) is 2.86. The fourth-order valence-corrected chi connectivity index (χ4v) is 1.79. The number of urea groups is 1. The van der Waals surface area contributed by atoms with E-state index in [1.165, 1.54) is 0 Å². The van der Waals surface area contributed by atoms with Crippen molar-refractivity contribution >= 4 is 23.3 Å². The van der Waals surface area contributed by atoms with Gasteiger partial charge in [0.2, 0.25) is 0 Å². The Morgan fingerprint density at radius 3 is 2.50 bits per heavy atom. The minimum Gasteiger partial charge on any atom is -0.335 e. The summed E-state index contributed by atoms with van der Waals surface area (Å²) in [5.41, 5.74) is 6.35. The molecule has 1 aromatic rings. The second-order valence-corrected chi connectivity index (χ2v) is 4.47. The first-order chi connectivity index (χ1) is 7.63. The molecular weight excluding hydrogens is 226 g/mol. The second kappa shape index (κ2) is 4.72. The zero-order chi connectivity index (χ0) is 11.5. The number of carbonyl (C=O) groups excluding carboxylic acids is 1. The van der Waals surface area contributed by atoms with Gasteiger partial charge in [0.1, 0.15) is 0 Å². The number of benzene rings is 1. The van der Waals surface area contributed by atoms with E-state index in [0.717, 1.165) is 18.5 Å². The van der Waals surface area contributed by atoms with Crippen LogP contribution in [0.4, 0.5) is 10.5 Å². The van der Waals surface area contributed by atoms with Crippen molar-refractivity contribution in [3.63, 3.8) is 0 Å². The van der Waals surface area contributed by atoms with Crippen LogP contribution in [0.1, 0.15) is 12.8 Å². The largest absolute Gasteiger partial charge is 0.335 e. The van der Waals surface area contributed by atoms with Gasteiger partial charge >= 0.3 is 6.03 Å². The molecule has 0 unspecified atom stereocenters. The zero-order valence-electron chi connectivity index (χ0n) is 8.74. The molecule has 0 atom stereocenters. The van der Waals surface area contributed by atoms with E-state index in [9.17, 15) is 4.79 Å². The average molecular weight is 240 g/mol. The number of rotatable bonds is 2. The number of nitrogens with two attached hydrogens (primary N) is 1. The SMILES string of the molecule is NC1CC(NC(=O)Nc2ccc(Cl)cc2)C1. The Morgan fingerprint density at radius 1 is 1.31 bits per heavy atom. The van der Waals surface area contributed by atoms with E-state index in [2.05, 4.69) is 10.6 Å². The van der Waals surface area contributed by atoms with Gasteiger partial charge in [0.15, 0.2) is 0 Å². The van der Waals surface area contributed by atoms with E-state index in [1.54, 1.807) is 24.3 Å². The molecule has 1 aliphatic carbocycles. The monoisotopic (exact) mass is 239 g/mol. The third kappa shape index (κ3) is 2.87. The van der Waals surface area contributed by atoms with Crippen LogP contribution in [0.15, 0.2) is 24.3 Å². The van der Waals surface area contributed by atoms with Gasteiger partial charge in [-0.25, -0.2) is 4.79 Å². The van der Waals surface area contributed by atoms with Crippen LogP contribution >= 0.6 is 11.6 Å². The lowest BCUT2D eigenvalue weighted by molar-refractivity contribution is 0.234. The predicted molar refractivity (Wildman–Crippen MR) is 64.6 cm³/mol. The van der Waals surface area contributed by atoms with Crippen LogP contribution in [0, 0.1) is 0 Å². The Morgan fingerprint density at radius 2 is 1.94 bits per heavy atom. The number of nitrogens with one attached hydrogen (secondary N) is 2. The standard InChI is InChI=1S/C11H14ClN3O/c12-7-1-3-9(4-2-7)14-11(16)15-10-5-8(13)6-10/h1-4,8,10H,5-6,13H2,(H2,14,15,16). The van der Waals surface area contributed by atoms with Gasteiger partial charge in [-0.15, -0.1) is 0 Å². The summed E-state index contributed by atoms with van der Waals surface area (Å²) in [5, 5.41) is 6.23. The summed E-state index contributed by atoms with van der Waals surface area (Å²) in [4.78, 5) is 11.5. The highest BCUT2D eigenvalue weighted by molar-refractivity contribution is 6.30. The Hall–Kier alpha value is -1.26. The Balaban J connectivity index is 1.80. The molecule has 0 spiro atoms.